The molecular formula is C23H21NO4. The SMILES string of the molecule is O=C(CN1C(=O)[C@@H]2[C@H]3CC[C@@H](C3)[C@@H]2C1=O)Oc1ccc(-c2ccccc2)cc1. The molecule has 3 aliphatic rings. The first-order valence-corrected chi connectivity index (χ1v) is 9.83. The van der Waals surface area contributed by atoms with Crippen LogP contribution in [0.3, 0.4) is 0 Å². The van der Waals surface area contributed by atoms with Crippen molar-refractivity contribution in [1.29, 1.82) is 0 Å². The molecule has 2 saturated carbocycles. The lowest BCUT2D eigenvalue weighted by atomic mass is 9.81. The standard InChI is InChI=1S/C23H21NO4/c25-19(28-18-10-8-15(9-11-18)14-4-2-1-3-5-14)13-24-22(26)20-16-6-7-17(12-16)21(20)23(24)27/h1-5,8-11,16-17,20-21H,6-7,12-13H2/t16-,17-,20-,21+/m0/s1. The molecule has 0 aromatic heterocycles. The van der Waals surface area contributed by atoms with Crippen LogP contribution >= 0.6 is 0 Å². The third-order valence-corrected chi connectivity index (χ3v) is 6.50. The van der Waals surface area contributed by atoms with Crippen molar-refractivity contribution >= 4 is 17.8 Å². The van der Waals surface area contributed by atoms with Crippen molar-refractivity contribution in [1.82, 2.24) is 4.90 Å². The molecule has 5 rings (SSSR count). The molecule has 1 aliphatic heterocycles. The van der Waals surface area contributed by atoms with Gasteiger partial charge in [-0.15, -0.1) is 0 Å². The lowest BCUT2D eigenvalue weighted by Crippen LogP contribution is -2.38. The highest BCUT2D eigenvalue weighted by atomic mass is 16.5. The van der Waals surface area contributed by atoms with Crippen LogP contribution in [-0.2, 0) is 14.4 Å². The maximum absolute atomic E-state index is 12.7. The Bertz CT molecular complexity index is 909. The second-order valence-corrected chi connectivity index (χ2v) is 8.01. The summed E-state index contributed by atoms with van der Waals surface area (Å²) in [5, 5.41) is 0. The van der Waals surface area contributed by atoms with Crippen LogP contribution < -0.4 is 4.74 Å². The van der Waals surface area contributed by atoms with Gasteiger partial charge in [0.25, 0.3) is 0 Å². The average Bonchev–Trinajstić information content (AvgIpc) is 3.39. The molecule has 2 aliphatic carbocycles. The van der Waals surface area contributed by atoms with Gasteiger partial charge in [0.05, 0.1) is 11.8 Å². The van der Waals surface area contributed by atoms with Crippen molar-refractivity contribution in [3.05, 3.63) is 54.6 Å². The molecule has 4 atom stereocenters. The van der Waals surface area contributed by atoms with Gasteiger partial charge in [0, 0.05) is 0 Å². The van der Waals surface area contributed by atoms with Crippen LogP contribution in [0.15, 0.2) is 54.6 Å². The Balaban J connectivity index is 1.24. The van der Waals surface area contributed by atoms with Crippen LogP contribution in [0.2, 0.25) is 0 Å². The fourth-order valence-electron chi connectivity index (χ4n) is 5.27. The number of nitrogens with zero attached hydrogens (tertiary/aromatic N) is 1. The van der Waals surface area contributed by atoms with E-state index in [1.54, 1.807) is 12.1 Å². The maximum atomic E-state index is 12.7. The molecule has 0 spiro atoms. The molecule has 0 N–H and O–H groups in total. The van der Waals surface area contributed by atoms with Crippen LogP contribution in [0.1, 0.15) is 19.3 Å². The van der Waals surface area contributed by atoms with Gasteiger partial charge in [-0.3, -0.25) is 14.5 Å². The molecule has 28 heavy (non-hydrogen) atoms. The van der Waals surface area contributed by atoms with E-state index >= 15 is 0 Å². The highest BCUT2D eigenvalue weighted by molar-refractivity contribution is 6.07. The van der Waals surface area contributed by atoms with E-state index in [2.05, 4.69) is 0 Å². The van der Waals surface area contributed by atoms with Crippen molar-refractivity contribution in [2.75, 3.05) is 6.54 Å². The Morgan fingerprint density at radius 2 is 1.43 bits per heavy atom. The van der Waals surface area contributed by atoms with Crippen LogP contribution in [0.25, 0.3) is 11.1 Å². The minimum absolute atomic E-state index is 0.182. The quantitative estimate of drug-likeness (QED) is 0.467. The van der Waals surface area contributed by atoms with E-state index in [4.69, 9.17) is 4.74 Å². The molecule has 2 bridgehead atoms. The Kier molecular flexibility index (Phi) is 4.04. The summed E-state index contributed by atoms with van der Waals surface area (Å²) in [5.74, 6) is -0.313. The topological polar surface area (TPSA) is 63.7 Å². The fourth-order valence-corrected chi connectivity index (χ4v) is 5.27. The van der Waals surface area contributed by atoms with Crippen LogP contribution in [0.4, 0.5) is 0 Å². The molecule has 5 heteroatoms. The smallest absolute Gasteiger partial charge is 0.331 e. The van der Waals surface area contributed by atoms with Gasteiger partial charge in [-0.1, -0.05) is 42.5 Å². The molecule has 2 amide bonds. The summed E-state index contributed by atoms with van der Waals surface area (Å²) in [5.41, 5.74) is 2.10. The number of likely N-dealkylation sites (tertiary alicyclic amines) is 1. The van der Waals surface area contributed by atoms with Gasteiger partial charge < -0.3 is 4.74 Å². The van der Waals surface area contributed by atoms with E-state index in [0.717, 1.165) is 35.3 Å². The summed E-state index contributed by atoms with van der Waals surface area (Å²) in [4.78, 5) is 38.8. The largest absolute Gasteiger partial charge is 0.425 e. The fraction of sp³-hybridized carbons (Fsp3) is 0.348. The molecule has 2 aromatic carbocycles. The zero-order chi connectivity index (χ0) is 19.3. The normalized spacial score (nSPS) is 27.9. The number of esters is 1. The number of amides is 2. The van der Waals surface area contributed by atoms with E-state index in [0.29, 0.717) is 17.6 Å². The number of benzene rings is 2. The van der Waals surface area contributed by atoms with Gasteiger partial charge in [-0.05, 0) is 54.4 Å². The first-order valence-electron chi connectivity index (χ1n) is 9.83. The van der Waals surface area contributed by atoms with Crippen molar-refractivity contribution < 1.29 is 19.1 Å². The van der Waals surface area contributed by atoms with Gasteiger partial charge >= 0.3 is 5.97 Å². The first kappa shape index (κ1) is 17.2. The Morgan fingerprint density at radius 3 is 2.04 bits per heavy atom. The van der Waals surface area contributed by atoms with Crippen LogP contribution in [0, 0.1) is 23.7 Å². The third kappa shape index (κ3) is 2.73. The molecule has 0 unspecified atom stereocenters. The highest BCUT2D eigenvalue weighted by Gasteiger charge is 2.61. The number of hydrogen-bond donors (Lipinski definition) is 0. The van der Waals surface area contributed by atoms with Crippen molar-refractivity contribution in [3.63, 3.8) is 0 Å². The number of fused-ring (bicyclic) bond motifs is 5. The summed E-state index contributed by atoms with van der Waals surface area (Å²) in [6.45, 7) is -0.301. The van der Waals surface area contributed by atoms with Gasteiger partial charge in [-0.25, -0.2) is 4.79 Å². The lowest BCUT2D eigenvalue weighted by Gasteiger charge is -2.19. The summed E-state index contributed by atoms with van der Waals surface area (Å²) < 4.78 is 5.37. The molecule has 142 valence electrons. The molecule has 1 saturated heterocycles. The monoisotopic (exact) mass is 375 g/mol. The summed E-state index contributed by atoms with van der Waals surface area (Å²) in [7, 11) is 0. The molecule has 1 heterocycles. The van der Waals surface area contributed by atoms with Crippen LogP contribution in [0.5, 0.6) is 5.75 Å². The molecule has 3 fully saturated rings. The Morgan fingerprint density at radius 1 is 0.857 bits per heavy atom. The minimum Gasteiger partial charge on any atom is -0.425 e. The summed E-state index contributed by atoms with van der Waals surface area (Å²) in [6.07, 6.45) is 3.03. The van der Waals surface area contributed by atoms with Gasteiger partial charge in [-0.2, -0.15) is 0 Å². The zero-order valence-electron chi connectivity index (χ0n) is 15.4. The Hall–Kier alpha value is -2.95. The maximum Gasteiger partial charge on any atom is 0.331 e. The van der Waals surface area contributed by atoms with E-state index in [1.807, 2.05) is 42.5 Å². The summed E-state index contributed by atoms with van der Waals surface area (Å²) >= 11 is 0. The number of imide groups is 1. The predicted molar refractivity (Wildman–Crippen MR) is 102 cm³/mol. The zero-order valence-corrected chi connectivity index (χ0v) is 15.4. The summed E-state index contributed by atoms with van der Waals surface area (Å²) in [6, 6.07) is 17.1. The lowest BCUT2D eigenvalue weighted by molar-refractivity contribution is -0.148. The van der Waals surface area contributed by atoms with Crippen molar-refractivity contribution in [2.45, 2.75) is 19.3 Å². The molecular weight excluding hydrogens is 354 g/mol. The second-order valence-electron chi connectivity index (χ2n) is 8.01. The van der Waals surface area contributed by atoms with E-state index in [1.165, 1.54) is 0 Å². The van der Waals surface area contributed by atoms with Gasteiger partial charge in [0.2, 0.25) is 11.8 Å². The van der Waals surface area contributed by atoms with Crippen LogP contribution in [-0.4, -0.2) is 29.2 Å². The average molecular weight is 375 g/mol. The van der Waals surface area contributed by atoms with Gasteiger partial charge in [0.1, 0.15) is 12.3 Å². The third-order valence-electron chi connectivity index (χ3n) is 6.50. The highest BCUT2D eigenvalue weighted by Crippen LogP contribution is 2.56. The number of carbonyl (C=O) groups excluding carboxylic acids is 3. The molecule has 0 radical (unpaired) electrons. The molecule has 5 nitrogen and oxygen atoms in total. The number of hydrogen-bond acceptors (Lipinski definition) is 4. The van der Waals surface area contributed by atoms with Crippen molar-refractivity contribution in [3.8, 4) is 16.9 Å². The first-order chi connectivity index (χ1) is 13.6. The predicted octanol–water partition coefficient (Wildman–Crippen LogP) is 3.29. The number of rotatable bonds is 4. The van der Waals surface area contributed by atoms with Gasteiger partial charge in [0.15, 0.2) is 0 Å². The number of carbonyl (C=O) groups is 3. The number of ether oxygens (including phenoxy) is 1. The van der Waals surface area contributed by atoms with E-state index < -0.39 is 5.97 Å². The Labute approximate surface area is 163 Å². The second kappa shape index (κ2) is 6.59. The van der Waals surface area contributed by atoms with Crippen molar-refractivity contribution in [2.24, 2.45) is 23.7 Å². The van der Waals surface area contributed by atoms with E-state index in [9.17, 15) is 14.4 Å². The molecule has 2 aromatic rings. The van der Waals surface area contributed by atoms with E-state index in [-0.39, 0.29) is 30.2 Å². The minimum atomic E-state index is -0.582.